The van der Waals surface area contributed by atoms with Crippen molar-refractivity contribution in [1.82, 2.24) is 4.90 Å². The Morgan fingerprint density at radius 3 is 3.00 bits per heavy atom. The van der Waals surface area contributed by atoms with Crippen molar-refractivity contribution in [3.63, 3.8) is 0 Å². The highest BCUT2D eigenvalue weighted by atomic mass is 16.4. The highest BCUT2D eigenvalue weighted by Gasteiger charge is 2.17. The van der Waals surface area contributed by atoms with Crippen LogP contribution in [-0.2, 0) is 4.79 Å². The van der Waals surface area contributed by atoms with Crippen LogP contribution in [0.2, 0.25) is 0 Å². The fourth-order valence-electron chi connectivity index (χ4n) is 1.32. The summed E-state index contributed by atoms with van der Waals surface area (Å²) in [4.78, 5) is 12.6. The Bertz CT molecular complexity index is 350. The maximum Gasteiger partial charge on any atom is 0.314 e. The van der Waals surface area contributed by atoms with Crippen LogP contribution < -0.4 is 0 Å². The summed E-state index contributed by atoms with van der Waals surface area (Å²) in [7, 11) is 0. The van der Waals surface area contributed by atoms with Gasteiger partial charge in [-0.25, -0.2) is 0 Å². The lowest BCUT2D eigenvalue weighted by molar-refractivity contribution is -0.138. The van der Waals surface area contributed by atoms with E-state index in [1.165, 1.54) is 0 Å². The van der Waals surface area contributed by atoms with E-state index in [0.29, 0.717) is 0 Å². The Labute approximate surface area is 76.0 Å². The quantitative estimate of drug-likeness (QED) is 0.656. The van der Waals surface area contributed by atoms with Gasteiger partial charge in [-0.3, -0.25) is 4.79 Å². The SMILES string of the molecule is O=C(O)C1C=CN2C=CC=CC2=C1. The molecule has 1 unspecified atom stereocenters. The molecule has 13 heavy (non-hydrogen) atoms. The first-order chi connectivity index (χ1) is 6.27. The number of fused-ring (bicyclic) bond motifs is 1. The highest BCUT2D eigenvalue weighted by molar-refractivity contribution is 5.75. The third-order valence-electron chi connectivity index (χ3n) is 2.01. The molecule has 2 heterocycles. The number of carboxylic acids is 1. The predicted octanol–water partition coefficient (Wildman–Crippen LogP) is 1.48. The van der Waals surface area contributed by atoms with Crippen molar-refractivity contribution in [3.05, 3.63) is 48.5 Å². The second-order valence-electron chi connectivity index (χ2n) is 2.90. The fourth-order valence-corrected chi connectivity index (χ4v) is 1.32. The number of aliphatic carboxylic acids is 1. The summed E-state index contributed by atoms with van der Waals surface area (Å²) in [6.07, 6.45) is 12.7. The summed E-state index contributed by atoms with van der Waals surface area (Å²) >= 11 is 0. The van der Waals surface area contributed by atoms with Crippen molar-refractivity contribution >= 4 is 5.97 Å². The van der Waals surface area contributed by atoms with Gasteiger partial charge in [0.2, 0.25) is 0 Å². The maximum atomic E-state index is 10.7. The van der Waals surface area contributed by atoms with E-state index in [0.717, 1.165) is 5.70 Å². The Morgan fingerprint density at radius 1 is 1.38 bits per heavy atom. The molecule has 1 atom stereocenters. The van der Waals surface area contributed by atoms with E-state index in [1.807, 2.05) is 29.3 Å². The summed E-state index contributed by atoms with van der Waals surface area (Å²) < 4.78 is 0. The molecule has 3 heteroatoms. The molecule has 2 aliphatic rings. The average Bonchev–Trinajstić information content (AvgIpc) is 2.17. The van der Waals surface area contributed by atoms with Gasteiger partial charge in [-0.15, -0.1) is 0 Å². The summed E-state index contributed by atoms with van der Waals surface area (Å²) in [6.45, 7) is 0. The minimum Gasteiger partial charge on any atom is -0.481 e. The highest BCUT2D eigenvalue weighted by Crippen LogP contribution is 2.21. The molecule has 2 aliphatic heterocycles. The monoisotopic (exact) mass is 175 g/mol. The first-order valence-corrected chi connectivity index (χ1v) is 4.03. The molecule has 0 aliphatic carbocycles. The number of carbonyl (C=O) groups is 1. The van der Waals surface area contributed by atoms with E-state index in [-0.39, 0.29) is 0 Å². The minimum atomic E-state index is -0.814. The molecule has 66 valence electrons. The van der Waals surface area contributed by atoms with Crippen molar-refractivity contribution in [2.75, 3.05) is 0 Å². The zero-order chi connectivity index (χ0) is 9.26. The third kappa shape index (κ3) is 1.40. The minimum absolute atomic E-state index is 0.498. The first kappa shape index (κ1) is 7.86. The molecule has 0 saturated heterocycles. The summed E-state index contributed by atoms with van der Waals surface area (Å²) in [5, 5.41) is 8.77. The van der Waals surface area contributed by atoms with Crippen LogP contribution in [0.25, 0.3) is 0 Å². The average molecular weight is 175 g/mol. The van der Waals surface area contributed by atoms with Crippen LogP contribution in [0.3, 0.4) is 0 Å². The normalized spacial score (nSPS) is 24.2. The van der Waals surface area contributed by atoms with Crippen molar-refractivity contribution in [2.24, 2.45) is 5.92 Å². The molecule has 0 aromatic carbocycles. The van der Waals surface area contributed by atoms with Gasteiger partial charge in [0.15, 0.2) is 0 Å². The van der Waals surface area contributed by atoms with Crippen molar-refractivity contribution in [1.29, 1.82) is 0 Å². The lowest BCUT2D eigenvalue weighted by atomic mass is 10.0. The summed E-state index contributed by atoms with van der Waals surface area (Å²) in [6, 6.07) is 0. The van der Waals surface area contributed by atoms with Crippen LogP contribution in [0.15, 0.2) is 48.5 Å². The molecule has 3 nitrogen and oxygen atoms in total. The predicted molar refractivity (Wildman–Crippen MR) is 48.5 cm³/mol. The lowest BCUT2D eigenvalue weighted by Gasteiger charge is -2.24. The second-order valence-corrected chi connectivity index (χ2v) is 2.90. The van der Waals surface area contributed by atoms with E-state index in [4.69, 9.17) is 5.11 Å². The topological polar surface area (TPSA) is 40.5 Å². The summed E-state index contributed by atoms with van der Waals surface area (Å²) in [5.41, 5.74) is 0.914. The van der Waals surface area contributed by atoms with Gasteiger partial charge >= 0.3 is 5.97 Å². The molecular weight excluding hydrogens is 166 g/mol. The zero-order valence-electron chi connectivity index (χ0n) is 6.92. The van der Waals surface area contributed by atoms with E-state index in [9.17, 15) is 4.79 Å². The van der Waals surface area contributed by atoms with Gasteiger partial charge in [0.1, 0.15) is 0 Å². The first-order valence-electron chi connectivity index (χ1n) is 4.03. The second kappa shape index (κ2) is 2.94. The van der Waals surface area contributed by atoms with Gasteiger partial charge < -0.3 is 10.0 Å². The molecule has 0 amide bonds. The number of hydrogen-bond donors (Lipinski definition) is 1. The Hall–Kier alpha value is -1.77. The number of nitrogens with zero attached hydrogens (tertiary/aromatic N) is 1. The molecule has 0 bridgehead atoms. The smallest absolute Gasteiger partial charge is 0.314 e. The van der Waals surface area contributed by atoms with Crippen LogP contribution in [0.4, 0.5) is 0 Å². The molecule has 0 fully saturated rings. The van der Waals surface area contributed by atoms with E-state index < -0.39 is 11.9 Å². The van der Waals surface area contributed by atoms with Gasteiger partial charge in [-0.05, 0) is 24.3 Å². The summed E-state index contributed by atoms with van der Waals surface area (Å²) in [5.74, 6) is -1.31. The van der Waals surface area contributed by atoms with Gasteiger partial charge in [0.05, 0.1) is 5.92 Å². The molecular formula is C10H9NO2. The van der Waals surface area contributed by atoms with Crippen LogP contribution in [-0.4, -0.2) is 16.0 Å². The molecule has 2 rings (SSSR count). The third-order valence-corrected chi connectivity index (χ3v) is 2.01. The fraction of sp³-hybridized carbons (Fsp3) is 0.100. The van der Waals surface area contributed by atoms with E-state index in [2.05, 4.69) is 0 Å². The standard InChI is InChI=1S/C10H9NO2/c12-10(13)8-4-6-11-5-2-1-3-9(11)7-8/h1-8H,(H,12,13). The van der Waals surface area contributed by atoms with Crippen LogP contribution >= 0.6 is 0 Å². The van der Waals surface area contributed by atoms with Crippen molar-refractivity contribution < 1.29 is 9.90 Å². The van der Waals surface area contributed by atoms with Gasteiger partial charge in [0, 0.05) is 18.1 Å². The van der Waals surface area contributed by atoms with Crippen LogP contribution in [0, 0.1) is 5.92 Å². The number of hydrogen-bond acceptors (Lipinski definition) is 2. The van der Waals surface area contributed by atoms with Crippen LogP contribution in [0.1, 0.15) is 0 Å². The molecule has 0 radical (unpaired) electrons. The molecule has 0 aromatic rings. The largest absolute Gasteiger partial charge is 0.481 e. The Morgan fingerprint density at radius 2 is 2.23 bits per heavy atom. The molecule has 0 saturated carbocycles. The Kier molecular flexibility index (Phi) is 1.77. The van der Waals surface area contributed by atoms with Crippen molar-refractivity contribution in [2.45, 2.75) is 0 Å². The number of carboxylic acid groups (broad SMARTS) is 1. The number of allylic oxidation sites excluding steroid dienone is 3. The maximum absolute atomic E-state index is 10.7. The zero-order valence-corrected chi connectivity index (χ0v) is 6.92. The molecule has 1 N–H and O–H groups in total. The molecule has 0 aromatic heterocycles. The van der Waals surface area contributed by atoms with E-state index >= 15 is 0 Å². The van der Waals surface area contributed by atoms with Gasteiger partial charge in [-0.1, -0.05) is 6.08 Å². The van der Waals surface area contributed by atoms with E-state index in [1.54, 1.807) is 18.4 Å². The molecule has 0 spiro atoms. The number of rotatable bonds is 1. The van der Waals surface area contributed by atoms with Gasteiger partial charge in [-0.2, -0.15) is 0 Å². The van der Waals surface area contributed by atoms with Gasteiger partial charge in [0.25, 0.3) is 0 Å². The van der Waals surface area contributed by atoms with Crippen LogP contribution in [0.5, 0.6) is 0 Å². The lowest BCUT2D eigenvalue weighted by Crippen LogP contribution is -2.19. The Balaban J connectivity index is 2.27. The van der Waals surface area contributed by atoms with Crippen molar-refractivity contribution in [3.8, 4) is 0 Å².